The summed E-state index contributed by atoms with van der Waals surface area (Å²) in [7, 11) is 14.8. The van der Waals surface area contributed by atoms with E-state index in [4.69, 9.17) is 85.4 Å². The average molecular weight is 1810 g/mol. The molecule has 31 nitrogen and oxygen atoms in total. The first kappa shape index (κ1) is 93.3. The first-order valence-electron chi connectivity index (χ1n) is 43.9. The summed E-state index contributed by atoms with van der Waals surface area (Å²) in [5, 5.41) is 36.3. The molecule has 10 N–H and O–H groups in total. The van der Waals surface area contributed by atoms with E-state index in [-0.39, 0.29) is 72.4 Å². The molecule has 3 saturated heterocycles. The number of aliphatic hydroxyl groups excluding tert-OH is 1. The summed E-state index contributed by atoms with van der Waals surface area (Å²) < 4.78 is 65.7. The van der Waals surface area contributed by atoms with Gasteiger partial charge in [-0.05, 0) is 298 Å². The fourth-order valence-electron chi connectivity index (χ4n) is 19.3. The zero-order valence-corrected chi connectivity index (χ0v) is 76.3. The number of nitrogens with two attached hydrogens (primary N) is 2. The Balaban J connectivity index is 0.000000134. The molecule has 4 aromatic carbocycles. The van der Waals surface area contributed by atoms with Crippen LogP contribution in [0, 0.1) is 23.7 Å². The lowest BCUT2D eigenvalue weighted by Crippen LogP contribution is -2.62. The predicted octanol–water partition coefficient (Wildman–Crippen LogP) is 11.6. The number of likely N-dealkylation sites (N-methyl/N-ethyl adjacent to an activating group) is 4. The third-order valence-electron chi connectivity index (χ3n) is 27.3. The second-order valence-electron chi connectivity index (χ2n) is 36.3. The minimum absolute atomic E-state index is 0.0379. The largest absolute Gasteiger partial charge is 0.508 e. The normalized spacial score (nSPS) is 31.4. The van der Waals surface area contributed by atoms with Gasteiger partial charge in [-0.25, -0.2) is 19.5 Å². The van der Waals surface area contributed by atoms with E-state index in [1.54, 1.807) is 76.3 Å². The maximum Gasteiger partial charge on any atom is 0.325 e. The molecular formula is C91H127BrN10O21S. The molecule has 4 atom stereocenters. The van der Waals surface area contributed by atoms with Crippen molar-refractivity contribution in [2.75, 3.05) is 95.4 Å². The Morgan fingerprint density at radius 2 is 0.766 bits per heavy atom. The zero-order chi connectivity index (χ0) is 89.3. The Morgan fingerprint density at radius 1 is 0.468 bits per heavy atom. The van der Waals surface area contributed by atoms with E-state index in [2.05, 4.69) is 42.5 Å². The van der Waals surface area contributed by atoms with E-state index in [0.717, 1.165) is 110 Å². The number of aromatic hydroxyl groups is 1. The van der Waals surface area contributed by atoms with E-state index < -0.39 is 56.2 Å². The van der Waals surface area contributed by atoms with Crippen LogP contribution < -0.4 is 60.6 Å². The van der Waals surface area contributed by atoms with Gasteiger partial charge in [0.1, 0.15) is 68.4 Å². The molecule has 8 saturated carbocycles. The summed E-state index contributed by atoms with van der Waals surface area (Å²) in [6.45, 7) is 9.38. The number of nitrogens with one attached hydrogen (secondary N) is 3. The highest BCUT2D eigenvalue weighted by atomic mass is 79.9. The molecule has 20 rings (SSSR count). The number of guanidine groups is 1. The first-order valence-corrected chi connectivity index (χ1v) is 45.4. The highest BCUT2D eigenvalue weighted by molar-refractivity contribution is 9.09. The molecule has 11 fully saturated rings. The molecule has 8 aliphatic heterocycles. The molecule has 0 bridgehead atoms. The van der Waals surface area contributed by atoms with Gasteiger partial charge in [-0.3, -0.25) is 44.0 Å². The molecule has 4 aromatic rings. The number of benzene rings is 4. The lowest BCUT2D eigenvalue weighted by Gasteiger charge is -2.44. The van der Waals surface area contributed by atoms with Gasteiger partial charge >= 0.3 is 12.1 Å². The molecule has 680 valence electrons. The molecule has 8 amide bonds. The van der Waals surface area contributed by atoms with E-state index in [1.807, 2.05) is 54.6 Å². The number of phenolic OH excluding ortho intramolecular Hbond substituents is 1. The predicted molar refractivity (Wildman–Crippen MR) is 468 cm³/mol. The number of hydrogen-bond donors (Lipinski definition) is 8. The van der Waals surface area contributed by atoms with Crippen LogP contribution in [0.2, 0.25) is 0 Å². The van der Waals surface area contributed by atoms with Gasteiger partial charge in [0.2, 0.25) is 5.54 Å². The average Bonchev–Trinajstić information content (AvgIpc) is 1.54. The van der Waals surface area contributed by atoms with Crippen molar-refractivity contribution in [3.63, 3.8) is 0 Å². The minimum atomic E-state index is -1.29. The number of alkyl halides is 1. The van der Waals surface area contributed by atoms with Crippen molar-refractivity contribution in [3.05, 3.63) is 95.1 Å². The number of fused-ring (bicyclic) bond motifs is 12. The van der Waals surface area contributed by atoms with Crippen molar-refractivity contribution >= 4 is 74.9 Å². The number of methoxy groups -OCH3 is 4. The Morgan fingerprint density at radius 3 is 1.04 bits per heavy atom. The Bertz CT molecular complexity index is 4450. The standard InChI is InChI=1S/C21H27N3O4.C21H26N2O5.C21H26N2O4S.C17H20N2O5.C4H7Br.C4H10O2.C2H6O.CH5N/c1-24-18(25)21(23-19(24)22)16-11-15(27-12-13-3-4-13)5-6-17(16)28-20(21)9-7-14(26-2)8-10-20;1-23-18(24)21(22-19(23)25)16-11-15(27-12-13-3-4-13)5-6-17(16)28-20(21)9-7-14(26-2)8-10-20;1-23-18(24)21(22-19(23)28)16-11-15(26-12-13-3-4-13)5-6-17(16)27-20(21)9-7-14(25-2)8-10-20;1-19-14(21)17(18-15(19)22)12-9-10(20)3-4-13(12)24-16(17)7-5-11(23-2)6-8-16;5-3-4-1-2-4;1-4(2,3)6-5;1-2-3;1-2/h5-6,11,13-14H,3-4,7-10,12H2,1-2H3,(H2,22,23);5-6,11,13-14H,3-4,7-10,12H2,1-2H3,(H,22,25);5-6,11,13-14H,3-4,7-10,12H2,1-2H3,(H,22,28);3-4,9,11,20H,5-8H2,1-2H3,(H,18,22);4H,1-3H2;5H,1-3H3;3H,2H2,1H3;2H2,1H3. The van der Waals surface area contributed by atoms with Crippen molar-refractivity contribution in [2.24, 2.45) is 40.1 Å². The maximum atomic E-state index is 13.5. The topological polar surface area (TPSA) is 387 Å². The Labute approximate surface area is 740 Å². The van der Waals surface area contributed by atoms with Crippen LogP contribution in [-0.2, 0) is 65.2 Å². The van der Waals surface area contributed by atoms with Crippen molar-refractivity contribution in [2.45, 2.75) is 256 Å². The molecule has 8 aliphatic carbocycles. The van der Waals surface area contributed by atoms with Crippen LogP contribution >= 0.6 is 28.1 Å². The molecule has 16 aliphatic rings. The number of amides is 8. The summed E-state index contributed by atoms with van der Waals surface area (Å²) in [4.78, 5) is 92.2. The monoisotopic (exact) mass is 1810 g/mol. The fourth-order valence-corrected chi connectivity index (χ4v) is 20.2. The van der Waals surface area contributed by atoms with Crippen molar-refractivity contribution in [1.29, 1.82) is 0 Å². The number of thiocarbonyl (C=S) groups is 1. The molecule has 8 spiro atoms. The Hall–Kier alpha value is -8.38. The van der Waals surface area contributed by atoms with Gasteiger partial charge in [0.25, 0.3) is 23.6 Å². The number of ether oxygens (including phenoxy) is 11. The number of phenols is 1. The molecule has 4 unspecified atom stereocenters. The summed E-state index contributed by atoms with van der Waals surface area (Å²) in [6.07, 6.45) is 22.6. The summed E-state index contributed by atoms with van der Waals surface area (Å²) >= 11 is 8.84. The number of imide groups is 2. The number of rotatable bonds is 14. The quantitative estimate of drug-likeness (QED) is 0.0191. The zero-order valence-electron chi connectivity index (χ0n) is 73.9. The van der Waals surface area contributed by atoms with Gasteiger partial charge in [-0.1, -0.05) is 15.9 Å². The molecule has 8 heterocycles. The van der Waals surface area contributed by atoms with Crippen molar-refractivity contribution in [3.8, 4) is 46.0 Å². The van der Waals surface area contributed by atoms with Crippen LogP contribution in [0.25, 0.3) is 0 Å². The van der Waals surface area contributed by atoms with Crippen LogP contribution in [0.1, 0.15) is 204 Å². The highest BCUT2D eigenvalue weighted by Gasteiger charge is 2.74. The first-order chi connectivity index (χ1) is 59.3. The van der Waals surface area contributed by atoms with E-state index in [0.29, 0.717) is 109 Å². The van der Waals surface area contributed by atoms with Gasteiger partial charge in [-0.15, -0.1) is 0 Å². The maximum absolute atomic E-state index is 13.5. The van der Waals surface area contributed by atoms with Gasteiger partial charge in [0.15, 0.2) is 27.7 Å². The number of halogens is 1. The van der Waals surface area contributed by atoms with Crippen LogP contribution in [0.3, 0.4) is 0 Å². The van der Waals surface area contributed by atoms with Gasteiger partial charge in [0.05, 0.1) is 49.8 Å². The number of carbonyl (C=O) groups is 6. The Kier molecular flexibility index (Phi) is 28.2. The number of urea groups is 2. The van der Waals surface area contributed by atoms with Gasteiger partial charge in [-0.2, -0.15) is 0 Å². The molecular weight excluding hydrogens is 1680 g/mol. The summed E-state index contributed by atoms with van der Waals surface area (Å²) in [5.41, 5.74) is 5.40. The van der Waals surface area contributed by atoms with Crippen molar-refractivity contribution < 1.29 is 101 Å². The molecule has 124 heavy (non-hydrogen) atoms. The molecule has 0 aromatic heterocycles. The number of aliphatic hydroxyl groups is 1. The van der Waals surface area contributed by atoms with Gasteiger partial charge < -0.3 is 89.7 Å². The van der Waals surface area contributed by atoms with Crippen LogP contribution in [0.4, 0.5) is 9.59 Å². The lowest BCUT2D eigenvalue weighted by molar-refractivity contribution is -0.306. The third-order valence-corrected chi connectivity index (χ3v) is 28.6. The third kappa shape index (κ3) is 17.4. The van der Waals surface area contributed by atoms with E-state index in [9.17, 15) is 33.9 Å². The van der Waals surface area contributed by atoms with Crippen LogP contribution in [-0.4, -0.2) is 230 Å². The van der Waals surface area contributed by atoms with Crippen LogP contribution in [0.15, 0.2) is 77.8 Å². The molecule has 33 heteroatoms. The van der Waals surface area contributed by atoms with E-state index >= 15 is 0 Å². The van der Waals surface area contributed by atoms with Crippen molar-refractivity contribution in [1.82, 2.24) is 35.6 Å². The SMILES string of the molecule is BrCC1CC1.CC(C)(C)OO.CCO.CN.COC1CCC2(CC1)Oc1ccc(O)cc1C21NC(=O)N(C)C1=O.COC1CCC2(CC1)Oc1ccc(OCC3CC3)cc1C21N=C(N)N(C)C1=O.COC1CCC2(CC1)Oc1ccc(OCC3CC3)cc1C21NC(=O)N(C)C1=O.COC1CCC2(CC1)Oc1ccc(OCC3CC3)cc1C21NC(=S)N(C)C1=O. The second-order valence-corrected chi connectivity index (χ2v) is 37.4. The highest BCUT2D eigenvalue weighted by Crippen LogP contribution is 2.63. The summed E-state index contributed by atoms with van der Waals surface area (Å²) in [5.74, 6) is 7.39. The molecule has 0 radical (unpaired) electrons. The number of carbonyl (C=O) groups excluding carboxylic acids is 6. The fraction of sp³-hybridized carbons (Fsp3) is 0.648. The van der Waals surface area contributed by atoms with Crippen LogP contribution in [0.5, 0.6) is 46.0 Å². The lowest BCUT2D eigenvalue weighted by atomic mass is 9.68. The summed E-state index contributed by atoms with van der Waals surface area (Å²) in [6, 6.07) is 21.1. The second kappa shape index (κ2) is 37.5. The minimum Gasteiger partial charge on any atom is -0.508 e. The number of aliphatic imine (C=N–C) groups is 1. The number of hydrogen-bond acceptors (Lipinski definition) is 25. The number of nitrogens with zero attached hydrogens (tertiary/aromatic N) is 5. The van der Waals surface area contributed by atoms with Gasteiger partial charge in [0, 0.05) is 90.8 Å². The van der Waals surface area contributed by atoms with E-state index in [1.165, 1.54) is 105 Å². The smallest absolute Gasteiger partial charge is 0.325 e.